The van der Waals surface area contributed by atoms with E-state index < -0.39 is 11.9 Å². The number of furan rings is 1. The number of benzene rings is 1. The third-order valence-electron chi connectivity index (χ3n) is 3.34. The Labute approximate surface area is 136 Å². The third kappa shape index (κ3) is 3.76. The van der Waals surface area contributed by atoms with Crippen molar-refractivity contribution in [3.05, 3.63) is 58.0 Å². The normalized spacial score (nSPS) is 11.2. The van der Waals surface area contributed by atoms with E-state index in [9.17, 15) is 9.59 Å². The minimum absolute atomic E-state index is 0.0116. The number of carboxylic acid groups (broad SMARTS) is 1. The maximum absolute atomic E-state index is 12.0. The summed E-state index contributed by atoms with van der Waals surface area (Å²) in [6, 6.07) is 10.5. The van der Waals surface area contributed by atoms with Crippen LogP contribution in [-0.4, -0.2) is 23.5 Å². The van der Waals surface area contributed by atoms with E-state index in [2.05, 4.69) is 21.2 Å². The van der Waals surface area contributed by atoms with Crippen LogP contribution >= 0.6 is 15.9 Å². The molecule has 0 atom stereocenters. The fourth-order valence-corrected chi connectivity index (χ4v) is 2.37. The Kier molecular flexibility index (Phi) is 4.71. The first-order chi connectivity index (χ1) is 10.3. The number of aromatic carboxylic acids is 1. The minimum Gasteiger partial charge on any atom is -0.475 e. The van der Waals surface area contributed by atoms with Crippen molar-refractivity contribution in [2.45, 2.75) is 19.3 Å². The lowest BCUT2D eigenvalue weighted by Gasteiger charge is -2.25. The predicted octanol–water partition coefficient (Wildman–Crippen LogP) is 3.45. The lowest BCUT2D eigenvalue weighted by Crippen LogP contribution is -2.36. The molecule has 5 nitrogen and oxygen atoms in total. The Morgan fingerprint density at radius 2 is 1.91 bits per heavy atom. The highest BCUT2D eigenvalue weighted by atomic mass is 79.9. The molecular weight excluding hydrogens is 350 g/mol. The first kappa shape index (κ1) is 16.3. The summed E-state index contributed by atoms with van der Waals surface area (Å²) >= 11 is 3.43. The second-order valence-electron chi connectivity index (χ2n) is 5.55. The second-order valence-corrected chi connectivity index (χ2v) is 6.46. The summed E-state index contributed by atoms with van der Waals surface area (Å²) in [5.41, 5.74) is 0.801. The first-order valence-electron chi connectivity index (χ1n) is 6.67. The second kappa shape index (κ2) is 6.36. The van der Waals surface area contributed by atoms with Crippen molar-refractivity contribution in [2.75, 3.05) is 6.54 Å². The van der Waals surface area contributed by atoms with Gasteiger partial charge in [-0.15, -0.1) is 0 Å². The van der Waals surface area contributed by atoms with E-state index in [4.69, 9.17) is 9.52 Å². The van der Waals surface area contributed by atoms with Gasteiger partial charge in [-0.2, -0.15) is 0 Å². The quantitative estimate of drug-likeness (QED) is 0.850. The molecule has 1 aromatic heterocycles. The Morgan fingerprint density at radius 1 is 1.23 bits per heavy atom. The average Bonchev–Trinajstić information content (AvgIpc) is 2.95. The Morgan fingerprint density at radius 3 is 2.50 bits per heavy atom. The van der Waals surface area contributed by atoms with E-state index in [1.54, 1.807) is 0 Å². The number of nitrogens with one attached hydrogen (secondary N) is 1. The maximum atomic E-state index is 12.0. The zero-order valence-corrected chi connectivity index (χ0v) is 13.8. The SMILES string of the molecule is CC(C)(CNC(=O)c1ccc(C(=O)O)o1)c1cccc(Br)c1. The minimum atomic E-state index is -1.20. The first-order valence-corrected chi connectivity index (χ1v) is 7.46. The highest BCUT2D eigenvalue weighted by molar-refractivity contribution is 9.10. The molecule has 22 heavy (non-hydrogen) atoms. The lowest BCUT2D eigenvalue weighted by molar-refractivity contribution is 0.0659. The van der Waals surface area contributed by atoms with Gasteiger partial charge in [-0.3, -0.25) is 4.79 Å². The number of carboxylic acids is 1. The van der Waals surface area contributed by atoms with Crippen molar-refractivity contribution in [3.8, 4) is 0 Å². The standard InChI is InChI=1S/C16H16BrNO4/c1-16(2,10-4-3-5-11(17)8-10)9-18-14(19)12-6-7-13(22-12)15(20)21/h3-8H,9H2,1-2H3,(H,18,19)(H,20,21). The molecule has 0 bridgehead atoms. The zero-order valence-electron chi connectivity index (χ0n) is 12.2. The van der Waals surface area contributed by atoms with Crippen LogP contribution in [0.5, 0.6) is 0 Å². The summed E-state index contributed by atoms with van der Waals surface area (Å²) in [6.45, 7) is 4.42. The Hall–Kier alpha value is -2.08. The molecular formula is C16H16BrNO4. The molecule has 2 aromatic rings. The van der Waals surface area contributed by atoms with Crippen LogP contribution in [-0.2, 0) is 5.41 Å². The molecule has 0 radical (unpaired) electrons. The van der Waals surface area contributed by atoms with Crippen molar-refractivity contribution in [3.63, 3.8) is 0 Å². The van der Waals surface area contributed by atoms with E-state index in [1.165, 1.54) is 12.1 Å². The summed E-state index contributed by atoms with van der Waals surface area (Å²) in [6.07, 6.45) is 0. The van der Waals surface area contributed by atoms with E-state index in [1.807, 2.05) is 38.1 Å². The smallest absolute Gasteiger partial charge is 0.371 e. The van der Waals surface area contributed by atoms with Crippen molar-refractivity contribution >= 4 is 27.8 Å². The van der Waals surface area contributed by atoms with Gasteiger partial charge in [0.05, 0.1) is 0 Å². The number of halogens is 1. The van der Waals surface area contributed by atoms with Crippen LogP contribution in [0.4, 0.5) is 0 Å². The summed E-state index contributed by atoms with van der Waals surface area (Å²) < 4.78 is 5.95. The molecule has 2 N–H and O–H groups in total. The summed E-state index contributed by atoms with van der Waals surface area (Å²) in [5.74, 6) is -1.90. The van der Waals surface area contributed by atoms with Gasteiger partial charge in [-0.05, 0) is 29.8 Å². The van der Waals surface area contributed by atoms with Gasteiger partial charge >= 0.3 is 5.97 Å². The fraction of sp³-hybridized carbons (Fsp3) is 0.250. The molecule has 1 heterocycles. The fourth-order valence-electron chi connectivity index (χ4n) is 1.97. The predicted molar refractivity (Wildman–Crippen MR) is 85.2 cm³/mol. The van der Waals surface area contributed by atoms with Crippen molar-refractivity contribution in [1.82, 2.24) is 5.32 Å². The lowest BCUT2D eigenvalue weighted by atomic mass is 9.84. The van der Waals surface area contributed by atoms with Gasteiger partial charge in [-0.25, -0.2) is 4.79 Å². The molecule has 0 saturated carbocycles. The van der Waals surface area contributed by atoms with E-state index in [-0.39, 0.29) is 16.9 Å². The highest BCUT2D eigenvalue weighted by Gasteiger charge is 2.23. The van der Waals surface area contributed by atoms with Crippen molar-refractivity contribution < 1.29 is 19.1 Å². The number of amides is 1. The molecule has 2 rings (SSSR count). The summed E-state index contributed by atoms with van der Waals surface area (Å²) in [7, 11) is 0. The molecule has 0 spiro atoms. The molecule has 0 aliphatic carbocycles. The molecule has 0 unspecified atom stereocenters. The van der Waals surface area contributed by atoms with E-state index >= 15 is 0 Å². The van der Waals surface area contributed by atoms with Crippen LogP contribution in [0, 0.1) is 0 Å². The zero-order chi connectivity index (χ0) is 16.3. The topological polar surface area (TPSA) is 79.5 Å². The number of carbonyl (C=O) groups is 2. The van der Waals surface area contributed by atoms with Crippen LogP contribution < -0.4 is 5.32 Å². The van der Waals surface area contributed by atoms with Gasteiger partial charge in [0.15, 0.2) is 5.76 Å². The van der Waals surface area contributed by atoms with Crippen LogP contribution in [0.15, 0.2) is 45.3 Å². The van der Waals surface area contributed by atoms with Gasteiger partial charge < -0.3 is 14.8 Å². The summed E-state index contributed by atoms with van der Waals surface area (Å²) in [5, 5.41) is 11.6. The molecule has 0 aliphatic heterocycles. The van der Waals surface area contributed by atoms with E-state index in [0.717, 1.165) is 10.0 Å². The summed E-state index contributed by atoms with van der Waals surface area (Å²) in [4.78, 5) is 22.8. The number of carbonyl (C=O) groups excluding carboxylic acids is 1. The number of hydrogen-bond acceptors (Lipinski definition) is 3. The molecule has 0 aliphatic rings. The van der Waals surface area contributed by atoms with Crippen molar-refractivity contribution in [2.24, 2.45) is 0 Å². The van der Waals surface area contributed by atoms with Gasteiger partial charge in [0.2, 0.25) is 5.76 Å². The Balaban J connectivity index is 2.04. The molecule has 6 heteroatoms. The Bertz CT molecular complexity index is 706. The number of rotatable bonds is 5. The van der Waals surface area contributed by atoms with Gasteiger partial charge in [0.25, 0.3) is 5.91 Å². The highest BCUT2D eigenvalue weighted by Crippen LogP contribution is 2.25. The van der Waals surface area contributed by atoms with Gasteiger partial charge in [-0.1, -0.05) is 41.9 Å². The monoisotopic (exact) mass is 365 g/mol. The van der Waals surface area contributed by atoms with Crippen LogP contribution in [0.1, 0.15) is 40.5 Å². The molecule has 116 valence electrons. The van der Waals surface area contributed by atoms with Gasteiger partial charge in [0.1, 0.15) is 0 Å². The van der Waals surface area contributed by atoms with E-state index in [0.29, 0.717) is 6.54 Å². The molecule has 0 saturated heterocycles. The van der Waals surface area contributed by atoms with Crippen LogP contribution in [0.25, 0.3) is 0 Å². The third-order valence-corrected chi connectivity index (χ3v) is 3.83. The van der Waals surface area contributed by atoms with Crippen molar-refractivity contribution in [1.29, 1.82) is 0 Å². The van der Waals surface area contributed by atoms with Crippen LogP contribution in [0.3, 0.4) is 0 Å². The number of hydrogen-bond donors (Lipinski definition) is 2. The van der Waals surface area contributed by atoms with Gasteiger partial charge in [0, 0.05) is 16.4 Å². The maximum Gasteiger partial charge on any atom is 0.371 e. The molecule has 0 fully saturated rings. The average molecular weight is 366 g/mol. The molecule has 1 aromatic carbocycles. The van der Waals surface area contributed by atoms with Crippen LogP contribution in [0.2, 0.25) is 0 Å². The largest absolute Gasteiger partial charge is 0.475 e. The molecule has 1 amide bonds.